The molecule has 0 aromatic rings. The lowest BCUT2D eigenvalue weighted by molar-refractivity contribution is -0.144. The first kappa shape index (κ1) is 22.6. The lowest BCUT2D eigenvalue weighted by Crippen LogP contribution is -2.32. The largest absolute Gasteiger partial charge is 0.464 e. The molecule has 0 saturated heterocycles. The molecule has 0 spiro atoms. The van der Waals surface area contributed by atoms with Gasteiger partial charge < -0.3 is 10.9 Å². The number of hydrogen-bond acceptors (Lipinski definition) is 5. The highest BCUT2D eigenvalue weighted by atomic mass is 32.2. The van der Waals surface area contributed by atoms with Crippen LogP contribution in [0.2, 0.25) is 0 Å². The summed E-state index contributed by atoms with van der Waals surface area (Å²) in [6.07, 6.45) is 5.42. The molecule has 6 nitrogen and oxygen atoms in total. The topological polar surface area (TPSA) is 116 Å². The van der Waals surface area contributed by atoms with Crippen molar-refractivity contribution in [1.82, 2.24) is 6.15 Å². The summed E-state index contributed by atoms with van der Waals surface area (Å²) < 4.78 is 36.6. The Kier molecular flexibility index (Phi) is 12.9. The standard InChI is InChI=1S/C14H28O5S.H3N/c1-4-7-9-12(6-3)11-19-14(15)13(10-8-5-2)20(16,17)18;/h12-13H,4-11H2,1-3H3,(H,16,17,18);1H3. The van der Waals surface area contributed by atoms with Gasteiger partial charge in [0.15, 0.2) is 5.25 Å². The third-order valence-corrected chi connectivity index (χ3v) is 4.59. The Bertz CT molecular complexity index is 370. The molecule has 0 bridgehead atoms. The third-order valence-electron chi connectivity index (χ3n) is 3.45. The van der Waals surface area contributed by atoms with Crippen LogP contribution in [-0.4, -0.2) is 30.8 Å². The van der Waals surface area contributed by atoms with E-state index < -0.39 is 21.3 Å². The van der Waals surface area contributed by atoms with Gasteiger partial charge in [-0.05, 0) is 18.8 Å². The number of ether oxygens (including phenoxy) is 1. The van der Waals surface area contributed by atoms with Crippen LogP contribution in [0.5, 0.6) is 0 Å². The lowest BCUT2D eigenvalue weighted by atomic mass is 10.0. The zero-order chi connectivity index (χ0) is 15.6. The molecule has 0 aromatic heterocycles. The molecule has 0 radical (unpaired) electrons. The zero-order valence-electron chi connectivity index (χ0n) is 13.5. The van der Waals surface area contributed by atoms with E-state index in [2.05, 4.69) is 6.92 Å². The number of carbonyl (C=O) groups is 1. The number of unbranched alkanes of at least 4 members (excludes halogenated alkanes) is 2. The number of rotatable bonds is 11. The van der Waals surface area contributed by atoms with Crippen molar-refractivity contribution in [2.45, 2.75) is 71.0 Å². The Morgan fingerprint density at radius 2 is 1.62 bits per heavy atom. The number of esters is 1. The van der Waals surface area contributed by atoms with E-state index in [4.69, 9.17) is 9.29 Å². The maximum Gasteiger partial charge on any atom is 0.326 e. The molecule has 2 atom stereocenters. The highest BCUT2D eigenvalue weighted by molar-refractivity contribution is 7.87. The predicted molar refractivity (Wildman–Crippen MR) is 84.1 cm³/mol. The minimum Gasteiger partial charge on any atom is -0.464 e. The van der Waals surface area contributed by atoms with Gasteiger partial charge >= 0.3 is 5.97 Å². The van der Waals surface area contributed by atoms with Gasteiger partial charge in [0.05, 0.1) is 6.61 Å². The van der Waals surface area contributed by atoms with E-state index >= 15 is 0 Å². The predicted octanol–water partition coefficient (Wildman–Crippen LogP) is 3.35. The molecule has 0 saturated carbocycles. The van der Waals surface area contributed by atoms with Crippen LogP contribution in [-0.2, 0) is 19.6 Å². The average molecular weight is 325 g/mol. The molecule has 0 aromatic carbocycles. The quantitative estimate of drug-likeness (QED) is 0.444. The normalized spacial score (nSPS) is 14.1. The van der Waals surface area contributed by atoms with Crippen molar-refractivity contribution in [3.63, 3.8) is 0 Å². The van der Waals surface area contributed by atoms with E-state index in [0.717, 1.165) is 32.1 Å². The minimum absolute atomic E-state index is 0. The highest BCUT2D eigenvalue weighted by Gasteiger charge is 2.32. The minimum atomic E-state index is -4.38. The fourth-order valence-corrected chi connectivity index (χ4v) is 2.74. The monoisotopic (exact) mass is 325 g/mol. The Morgan fingerprint density at radius 3 is 2.05 bits per heavy atom. The molecule has 4 N–H and O–H groups in total. The maximum atomic E-state index is 11.8. The average Bonchev–Trinajstić information content (AvgIpc) is 2.38. The maximum absolute atomic E-state index is 11.8. The van der Waals surface area contributed by atoms with Crippen molar-refractivity contribution in [3.05, 3.63) is 0 Å². The SMILES string of the molecule is CCCCC(CC)COC(=O)C(CCCC)S(=O)(=O)O.N. The number of hydrogen-bond donors (Lipinski definition) is 2. The molecule has 0 amide bonds. The fraction of sp³-hybridized carbons (Fsp3) is 0.929. The van der Waals surface area contributed by atoms with Gasteiger partial charge in [-0.1, -0.05) is 52.9 Å². The van der Waals surface area contributed by atoms with Crippen LogP contribution in [0.4, 0.5) is 0 Å². The van der Waals surface area contributed by atoms with E-state index in [1.807, 2.05) is 13.8 Å². The van der Waals surface area contributed by atoms with E-state index in [9.17, 15) is 13.2 Å². The van der Waals surface area contributed by atoms with Gasteiger partial charge in [0.1, 0.15) is 0 Å². The second-order valence-corrected chi connectivity index (χ2v) is 6.79. The molecule has 128 valence electrons. The fourth-order valence-electron chi connectivity index (χ4n) is 1.97. The van der Waals surface area contributed by atoms with Gasteiger partial charge in [-0.25, -0.2) is 0 Å². The van der Waals surface area contributed by atoms with Gasteiger partial charge in [0.2, 0.25) is 0 Å². The zero-order valence-corrected chi connectivity index (χ0v) is 14.3. The van der Waals surface area contributed by atoms with Gasteiger partial charge in [0, 0.05) is 0 Å². The summed E-state index contributed by atoms with van der Waals surface area (Å²) in [4.78, 5) is 11.8. The van der Waals surface area contributed by atoms with Crippen molar-refractivity contribution in [2.24, 2.45) is 5.92 Å². The summed E-state index contributed by atoms with van der Waals surface area (Å²) in [6, 6.07) is 0. The molecule has 21 heavy (non-hydrogen) atoms. The van der Waals surface area contributed by atoms with Gasteiger partial charge in [-0.15, -0.1) is 0 Å². The second kappa shape index (κ2) is 11.9. The Labute approximate surface area is 129 Å². The van der Waals surface area contributed by atoms with Crippen molar-refractivity contribution in [1.29, 1.82) is 0 Å². The molecule has 7 heteroatoms. The van der Waals surface area contributed by atoms with Crippen LogP contribution in [0.25, 0.3) is 0 Å². The second-order valence-electron chi connectivity index (χ2n) is 5.19. The highest BCUT2D eigenvalue weighted by Crippen LogP contribution is 2.16. The van der Waals surface area contributed by atoms with E-state index in [1.54, 1.807) is 0 Å². The first-order chi connectivity index (χ1) is 9.36. The van der Waals surface area contributed by atoms with Gasteiger partial charge in [0.25, 0.3) is 10.1 Å². The molecular weight excluding hydrogens is 294 g/mol. The molecule has 0 aliphatic rings. The molecule has 0 fully saturated rings. The first-order valence-electron chi connectivity index (χ1n) is 7.49. The van der Waals surface area contributed by atoms with Crippen molar-refractivity contribution >= 4 is 16.1 Å². The van der Waals surface area contributed by atoms with Crippen LogP contribution in [0.1, 0.15) is 65.7 Å². The summed E-state index contributed by atoms with van der Waals surface area (Å²) in [6.45, 7) is 6.24. The Hall–Kier alpha value is -0.660. The van der Waals surface area contributed by atoms with E-state index in [-0.39, 0.29) is 25.1 Å². The molecule has 0 aliphatic heterocycles. The summed E-state index contributed by atoms with van der Waals surface area (Å²) in [5.41, 5.74) is 0. The van der Waals surface area contributed by atoms with Crippen LogP contribution in [0, 0.1) is 5.92 Å². The molecule has 0 rings (SSSR count). The summed E-state index contributed by atoms with van der Waals surface area (Å²) in [5.74, 6) is -0.567. The van der Waals surface area contributed by atoms with Crippen molar-refractivity contribution < 1.29 is 22.5 Å². The van der Waals surface area contributed by atoms with Crippen LogP contribution >= 0.6 is 0 Å². The van der Waals surface area contributed by atoms with Gasteiger partial charge in [-0.2, -0.15) is 8.42 Å². The van der Waals surface area contributed by atoms with Crippen molar-refractivity contribution in [3.8, 4) is 0 Å². The lowest BCUT2D eigenvalue weighted by Gasteiger charge is -2.17. The molecule has 0 aliphatic carbocycles. The third kappa shape index (κ3) is 9.82. The molecule has 0 heterocycles. The van der Waals surface area contributed by atoms with E-state index in [1.165, 1.54) is 0 Å². The van der Waals surface area contributed by atoms with Crippen LogP contribution < -0.4 is 6.15 Å². The summed E-state index contributed by atoms with van der Waals surface area (Å²) >= 11 is 0. The summed E-state index contributed by atoms with van der Waals surface area (Å²) in [5, 5.41) is -1.44. The first-order valence-corrected chi connectivity index (χ1v) is 8.99. The van der Waals surface area contributed by atoms with Crippen LogP contribution in [0.3, 0.4) is 0 Å². The summed E-state index contributed by atoms with van der Waals surface area (Å²) in [7, 11) is -4.38. The van der Waals surface area contributed by atoms with Crippen LogP contribution in [0.15, 0.2) is 0 Å². The Morgan fingerprint density at radius 1 is 1.10 bits per heavy atom. The smallest absolute Gasteiger partial charge is 0.326 e. The van der Waals surface area contributed by atoms with Crippen molar-refractivity contribution in [2.75, 3.05) is 6.61 Å². The Balaban J connectivity index is 0. The molecule has 2 unspecified atom stereocenters. The van der Waals surface area contributed by atoms with Gasteiger partial charge in [-0.3, -0.25) is 9.35 Å². The number of carbonyl (C=O) groups excluding carboxylic acids is 1. The molecular formula is C14H31NO5S. The van der Waals surface area contributed by atoms with E-state index in [0.29, 0.717) is 6.42 Å².